The van der Waals surface area contributed by atoms with Crippen LogP contribution >= 0.6 is 0 Å². The number of para-hydroxylation sites is 1. The van der Waals surface area contributed by atoms with Crippen molar-refractivity contribution in [3.8, 4) is 0 Å². The van der Waals surface area contributed by atoms with Crippen LogP contribution in [0.15, 0.2) is 30.3 Å². The summed E-state index contributed by atoms with van der Waals surface area (Å²) in [4.78, 5) is 31.4. The third-order valence-corrected chi connectivity index (χ3v) is 9.82. The lowest BCUT2D eigenvalue weighted by atomic mass is 9.60. The molecule has 36 heavy (non-hydrogen) atoms. The molecule has 7 atom stereocenters. The molecule has 192 valence electrons. The van der Waals surface area contributed by atoms with Gasteiger partial charge in [0.15, 0.2) is 0 Å². The van der Waals surface area contributed by atoms with Crippen molar-refractivity contribution in [1.82, 2.24) is 30.8 Å². The van der Waals surface area contributed by atoms with E-state index in [1.165, 1.54) is 0 Å². The van der Waals surface area contributed by atoms with Gasteiger partial charge in [-0.15, -0.1) is 0 Å². The van der Waals surface area contributed by atoms with Gasteiger partial charge in [0.25, 0.3) is 5.91 Å². The van der Waals surface area contributed by atoms with Gasteiger partial charge in [-0.1, -0.05) is 32.0 Å². The van der Waals surface area contributed by atoms with Gasteiger partial charge < -0.3 is 14.4 Å². The van der Waals surface area contributed by atoms with Crippen molar-refractivity contribution in [3.05, 3.63) is 36.0 Å². The van der Waals surface area contributed by atoms with Crippen LogP contribution in [0.4, 0.5) is 0 Å². The number of nitrogens with zero attached hydrogens (tertiary/aromatic N) is 3. The van der Waals surface area contributed by atoms with Gasteiger partial charge in [-0.3, -0.25) is 9.59 Å². The molecule has 2 aromatic rings. The van der Waals surface area contributed by atoms with Crippen molar-refractivity contribution in [2.24, 2.45) is 35.5 Å². The molecule has 0 radical (unpaired) electrons. The summed E-state index contributed by atoms with van der Waals surface area (Å²) in [6.45, 7) is 8.70. The Bertz CT molecular complexity index is 1170. The lowest BCUT2D eigenvalue weighted by molar-refractivity contribution is -0.136. The maximum Gasteiger partial charge on any atom is 0.270 e. The minimum absolute atomic E-state index is 0.138. The van der Waals surface area contributed by atoms with E-state index in [9.17, 15) is 9.59 Å². The van der Waals surface area contributed by atoms with E-state index in [0.717, 1.165) is 68.6 Å². The number of fused-ring (bicyclic) bond motifs is 6. The Hall–Kier alpha value is -2.42. The molecule has 2 amide bonds. The van der Waals surface area contributed by atoms with E-state index in [0.29, 0.717) is 47.6 Å². The molecule has 7 rings (SSSR count). The monoisotopic (exact) mass is 490 g/mol. The van der Waals surface area contributed by atoms with Crippen LogP contribution in [0, 0.1) is 35.5 Å². The highest BCUT2D eigenvalue weighted by atomic mass is 16.2. The highest BCUT2D eigenvalue weighted by Gasteiger charge is 2.59. The number of nitrogens with one attached hydrogen (secondary N) is 3. The number of benzene rings is 1. The highest BCUT2D eigenvalue weighted by Crippen LogP contribution is 2.54. The normalized spacial score (nSPS) is 35.1. The molecule has 4 heterocycles. The molecule has 8 nitrogen and oxygen atoms in total. The molecule has 0 bridgehead atoms. The van der Waals surface area contributed by atoms with Crippen LogP contribution in [0.5, 0.6) is 0 Å². The van der Waals surface area contributed by atoms with Gasteiger partial charge in [-0.05, 0) is 61.0 Å². The topological polar surface area (TPSA) is 81.6 Å². The van der Waals surface area contributed by atoms with Gasteiger partial charge in [0.05, 0.1) is 0 Å². The molecule has 2 saturated carbocycles. The molecule has 0 spiro atoms. The van der Waals surface area contributed by atoms with Crippen LogP contribution in [-0.2, 0) is 11.3 Å². The van der Waals surface area contributed by atoms with Gasteiger partial charge >= 0.3 is 0 Å². The van der Waals surface area contributed by atoms with E-state index in [4.69, 9.17) is 0 Å². The largest absolute Gasteiger partial charge is 0.342 e. The van der Waals surface area contributed by atoms with Gasteiger partial charge in [-0.25, -0.2) is 10.9 Å². The third-order valence-electron chi connectivity index (χ3n) is 9.82. The summed E-state index contributed by atoms with van der Waals surface area (Å²) >= 11 is 0. The second kappa shape index (κ2) is 8.57. The van der Waals surface area contributed by atoms with Crippen molar-refractivity contribution >= 4 is 22.7 Å². The minimum atomic E-state index is 0.138. The SMILES string of the molecule is CC(C)Cn1c(C(=O)N2C[C@@H]3[C@H](C2)[C@H]2CN(C(=O)C4CCC5NNNC5C4)C[C@@H]32)cc2ccccc21. The maximum atomic E-state index is 13.8. The predicted molar refractivity (Wildman–Crippen MR) is 138 cm³/mol. The van der Waals surface area contributed by atoms with Crippen LogP contribution in [0.3, 0.4) is 0 Å². The molecular formula is C28H38N6O2. The summed E-state index contributed by atoms with van der Waals surface area (Å²) in [5.74, 6) is 3.34. The number of amides is 2. The second-order valence-corrected chi connectivity index (χ2v) is 12.3. The molecule has 3 unspecified atom stereocenters. The average Bonchev–Trinajstić information content (AvgIpc) is 3.64. The van der Waals surface area contributed by atoms with Gasteiger partial charge in [0.2, 0.25) is 5.91 Å². The van der Waals surface area contributed by atoms with E-state index in [1.807, 2.05) is 6.07 Å². The van der Waals surface area contributed by atoms with Crippen molar-refractivity contribution < 1.29 is 9.59 Å². The van der Waals surface area contributed by atoms with Crippen molar-refractivity contribution in [1.29, 1.82) is 0 Å². The summed E-state index contributed by atoms with van der Waals surface area (Å²) in [5.41, 5.74) is 11.5. The summed E-state index contributed by atoms with van der Waals surface area (Å²) in [6, 6.07) is 11.2. The Morgan fingerprint density at radius 2 is 1.58 bits per heavy atom. The number of carbonyl (C=O) groups is 2. The smallest absolute Gasteiger partial charge is 0.270 e. The van der Waals surface area contributed by atoms with E-state index in [2.05, 4.69) is 68.9 Å². The zero-order chi connectivity index (χ0) is 24.6. The first kappa shape index (κ1) is 22.8. The van der Waals surface area contributed by atoms with Gasteiger partial charge in [0.1, 0.15) is 5.69 Å². The number of hydrogen-bond acceptors (Lipinski definition) is 5. The molecule has 3 aliphatic heterocycles. The Labute approximate surface area is 212 Å². The van der Waals surface area contributed by atoms with E-state index >= 15 is 0 Å². The molecule has 2 aliphatic carbocycles. The van der Waals surface area contributed by atoms with Gasteiger partial charge in [0, 0.05) is 61.6 Å². The number of hydrazine groups is 2. The molecule has 1 aromatic carbocycles. The summed E-state index contributed by atoms with van der Waals surface area (Å²) in [5, 5.41) is 1.14. The zero-order valence-electron chi connectivity index (χ0n) is 21.3. The number of likely N-dealkylation sites (tertiary alicyclic amines) is 2. The Morgan fingerprint density at radius 1 is 0.917 bits per heavy atom. The van der Waals surface area contributed by atoms with Gasteiger partial charge in [-0.2, -0.15) is 5.53 Å². The van der Waals surface area contributed by atoms with E-state index < -0.39 is 0 Å². The maximum absolute atomic E-state index is 13.8. The van der Waals surface area contributed by atoms with E-state index in [-0.39, 0.29) is 11.8 Å². The highest BCUT2D eigenvalue weighted by molar-refractivity contribution is 5.99. The standard InChI is InChI=1S/C28H38N6O2/c1-16(2)11-34-25-6-4-3-5-17(25)10-26(34)28(36)33-14-21-19-12-32(13-20(19)22(21)15-33)27(35)18-7-8-23-24(9-18)30-31-29-23/h3-6,10,16,18-24,29-31H,7-9,11-15H2,1-2H3/t18?,19-,20+,21+,22-,23?,24?. The molecular weight excluding hydrogens is 452 g/mol. The second-order valence-electron chi connectivity index (χ2n) is 12.3. The zero-order valence-corrected chi connectivity index (χ0v) is 21.3. The van der Waals surface area contributed by atoms with Crippen LogP contribution < -0.4 is 16.4 Å². The number of carbonyl (C=O) groups excluding carboxylic acids is 2. The van der Waals surface area contributed by atoms with Crippen LogP contribution in [0.1, 0.15) is 43.6 Å². The number of rotatable bonds is 4. The first-order valence-electron chi connectivity index (χ1n) is 13.9. The third kappa shape index (κ3) is 3.52. The molecule has 5 fully saturated rings. The fourth-order valence-electron chi connectivity index (χ4n) is 8.04. The first-order valence-corrected chi connectivity index (χ1v) is 13.9. The molecule has 3 saturated heterocycles. The molecule has 3 N–H and O–H groups in total. The Balaban J connectivity index is 1.02. The van der Waals surface area contributed by atoms with E-state index in [1.54, 1.807) is 0 Å². The molecule has 1 aromatic heterocycles. The summed E-state index contributed by atoms with van der Waals surface area (Å²) in [6.07, 6.45) is 2.92. The average molecular weight is 491 g/mol. The first-order chi connectivity index (χ1) is 17.5. The van der Waals surface area contributed by atoms with Crippen molar-refractivity contribution in [2.75, 3.05) is 26.2 Å². The summed E-state index contributed by atoms with van der Waals surface area (Å²) in [7, 11) is 0. The Kier molecular flexibility index (Phi) is 5.42. The Morgan fingerprint density at radius 3 is 2.31 bits per heavy atom. The van der Waals surface area contributed by atoms with Crippen LogP contribution in [0.25, 0.3) is 10.9 Å². The van der Waals surface area contributed by atoms with Crippen molar-refractivity contribution in [3.63, 3.8) is 0 Å². The van der Waals surface area contributed by atoms with Crippen molar-refractivity contribution in [2.45, 2.75) is 51.7 Å². The molecule has 8 heteroatoms. The fourth-order valence-corrected chi connectivity index (χ4v) is 8.04. The lowest BCUT2D eigenvalue weighted by Gasteiger charge is -2.42. The van der Waals surface area contributed by atoms with Crippen LogP contribution in [-0.4, -0.2) is 64.4 Å². The predicted octanol–water partition coefficient (Wildman–Crippen LogP) is 2.22. The molecule has 5 aliphatic rings. The number of hydrogen-bond donors (Lipinski definition) is 3. The minimum Gasteiger partial charge on any atom is -0.342 e. The quantitative estimate of drug-likeness (QED) is 0.613. The summed E-state index contributed by atoms with van der Waals surface area (Å²) < 4.78 is 2.22. The number of aromatic nitrogens is 1. The van der Waals surface area contributed by atoms with Crippen LogP contribution in [0.2, 0.25) is 0 Å². The lowest BCUT2D eigenvalue weighted by Crippen LogP contribution is -2.45. The fraction of sp³-hybridized carbons (Fsp3) is 0.643.